The molecule has 2 aliphatic carbocycles. The summed E-state index contributed by atoms with van der Waals surface area (Å²) in [7, 11) is 0. The summed E-state index contributed by atoms with van der Waals surface area (Å²) in [5.41, 5.74) is 9.90. The average Bonchev–Trinajstić information content (AvgIpc) is 3.84. The number of nitrogens with zero attached hydrogens (tertiary/aromatic N) is 4. The minimum absolute atomic E-state index is 0.0794. The Hall–Kier alpha value is -5.81. The van der Waals surface area contributed by atoms with Crippen molar-refractivity contribution in [1.29, 1.82) is 0 Å². The molecule has 6 aromatic rings. The number of nitrogens with one attached hydrogen (secondary N) is 1. The number of rotatable bonds is 4. The Bertz CT molecular complexity index is 2350. The fraction of sp³-hybridized carbons (Fsp3) is 0.119. The van der Waals surface area contributed by atoms with E-state index in [0.29, 0.717) is 11.8 Å². The van der Waals surface area contributed by atoms with Gasteiger partial charge in [0, 0.05) is 39.0 Å². The Morgan fingerprint density at radius 1 is 0.638 bits per heavy atom. The molecule has 224 valence electrons. The van der Waals surface area contributed by atoms with Gasteiger partial charge in [0.1, 0.15) is 6.17 Å². The minimum atomic E-state index is 0.0794. The van der Waals surface area contributed by atoms with Gasteiger partial charge in [-0.1, -0.05) is 115 Å². The van der Waals surface area contributed by atoms with Crippen molar-refractivity contribution in [1.82, 2.24) is 15.0 Å². The smallest absolute Gasteiger partial charge is 0.160 e. The number of hydrogen-bond acceptors (Lipinski definition) is 5. The molecule has 4 aromatic carbocycles. The lowest BCUT2D eigenvalue weighted by atomic mass is 9.97. The van der Waals surface area contributed by atoms with Crippen LogP contribution >= 0.6 is 0 Å². The van der Waals surface area contributed by atoms with Crippen molar-refractivity contribution in [2.75, 3.05) is 10.2 Å². The first kappa shape index (κ1) is 26.4. The number of benzene rings is 4. The summed E-state index contributed by atoms with van der Waals surface area (Å²) in [4.78, 5) is 17.6. The monoisotopic (exact) mass is 605 g/mol. The molecule has 0 spiro atoms. The van der Waals surface area contributed by atoms with Crippen LogP contribution in [0, 0.1) is 11.8 Å². The van der Waals surface area contributed by atoms with Crippen LogP contribution in [0.15, 0.2) is 140 Å². The van der Waals surface area contributed by atoms with Gasteiger partial charge in [-0.2, -0.15) is 0 Å². The van der Waals surface area contributed by atoms with Gasteiger partial charge in [-0.25, -0.2) is 15.0 Å². The summed E-state index contributed by atoms with van der Waals surface area (Å²) < 4.78 is 0. The lowest BCUT2D eigenvalue weighted by Crippen LogP contribution is -2.30. The SMILES string of the molecule is C1=CC2Nc3c(nc(-c4ccc(-c5nc(-c6ccc(C7=CCC=CC8CC78)cc6)c6ccccc6n5)cc4)c4ccccc34)N2C=C1. The minimum Gasteiger partial charge on any atom is -0.358 e. The van der Waals surface area contributed by atoms with Gasteiger partial charge in [-0.15, -0.1) is 0 Å². The fourth-order valence-electron chi connectivity index (χ4n) is 7.50. The van der Waals surface area contributed by atoms with Crippen molar-refractivity contribution in [2.45, 2.75) is 19.0 Å². The maximum absolute atomic E-state index is 5.23. The van der Waals surface area contributed by atoms with E-state index in [4.69, 9.17) is 15.0 Å². The second kappa shape index (κ2) is 10.4. The molecule has 3 atom stereocenters. The third-order valence-corrected chi connectivity index (χ3v) is 9.99. The Morgan fingerprint density at radius 2 is 1.34 bits per heavy atom. The zero-order chi connectivity index (χ0) is 30.9. The van der Waals surface area contributed by atoms with Crippen molar-refractivity contribution in [3.63, 3.8) is 0 Å². The zero-order valence-electron chi connectivity index (χ0n) is 25.7. The molecule has 10 rings (SSSR count). The number of anilines is 2. The van der Waals surface area contributed by atoms with E-state index in [1.807, 2.05) is 6.07 Å². The highest BCUT2D eigenvalue weighted by molar-refractivity contribution is 6.07. The van der Waals surface area contributed by atoms with Crippen LogP contribution in [0.4, 0.5) is 11.5 Å². The third-order valence-electron chi connectivity index (χ3n) is 9.99. The van der Waals surface area contributed by atoms with Crippen LogP contribution in [0.3, 0.4) is 0 Å². The Balaban J connectivity index is 1.03. The Labute approximate surface area is 273 Å². The summed E-state index contributed by atoms with van der Waals surface area (Å²) in [5, 5.41) is 7.01. The van der Waals surface area contributed by atoms with Crippen LogP contribution in [0.1, 0.15) is 18.4 Å². The van der Waals surface area contributed by atoms with Crippen LogP contribution in [0.25, 0.3) is 61.2 Å². The van der Waals surface area contributed by atoms with Crippen LogP contribution in [-0.4, -0.2) is 21.1 Å². The molecule has 3 unspecified atom stereocenters. The molecule has 4 heterocycles. The van der Waals surface area contributed by atoms with E-state index in [-0.39, 0.29) is 6.17 Å². The van der Waals surface area contributed by atoms with Crippen molar-refractivity contribution in [2.24, 2.45) is 11.8 Å². The van der Waals surface area contributed by atoms with E-state index in [2.05, 4.69) is 144 Å². The topological polar surface area (TPSA) is 53.9 Å². The fourth-order valence-corrected chi connectivity index (χ4v) is 7.50. The summed E-state index contributed by atoms with van der Waals surface area (Å²) in [6.45, 7) is 0. The van der Waals surface area contributed by atoms with E-state index in [9.17, 15) is 0 Å². The van der Waals surface area contributed by atoms with Crippen LogP contribution in [0.5, 0.6) is 0 Å². The molecule has 1 saturated carbocycles. The van der Waals surface area contributed by atoms with Gasteiger partial charge < -0.3 is 10.2 Å². The van der Waals surface area contributed by atoms with Gasteiger partial charge in [-0.05, 0) is 54.0 Å². The van der Waals surface area contributed by atoms with Gasteiger partial charge in [0.05, 0.1) is 22.6 Å². The molecule has 0 radical (unpaired) electrons. The maximum atomic E-state index is 5.23. The van der Waals surface area contributed by atoms with E-state index < -0.39 is 0 Å². The first-order valence-electron chi connectivity index (χ1n) is 16.5. The number of fused-ring (bicyclic) bond motifs is 7. The molecule has 2 aliphatic heterocycles. The first-order valence-corrected chi connectivity index (χ1v) is 16.5. The van der Waals surface area contributed by atoms with E-state index >= 15 is 0 Å². The van der Waals surface area contributed by atoms with Gasteiger partial charge in [0.2, 0.25) is 0 Å². The second-order valence-electron chi connectivity index (χ2n) is 12.8. The molecule has 0 bridgehead atoms. The summed E-state index contributed by atoms with van der Waals surface area (Å²) in [6.07, 6.45) is 17.9. The molecule has 47 heavy (non-hydrogen) atoms. The van der Waals surface area contributed by atoms with Gasteiger partial charge in [0.25, 0.3) is 0 Å². The summed E-state index contributed by atoms with van der Waals surface area (Å²) in [6, 6.07) is 34.4. The summed E-state index contributed by atoms with van der Waals surface area (Å²) >= 11 is 0. The quantitative estimate of drug-likeness (QED) is 0.203. The van der Waals surface area contributed by atoms with E-state index in [0.717, 1.165) is 68.1 Å². The lowest BCUT2D eigenvalue weighted by Gasteiger charge is -2.21. The highest BCUT2D eigenvalue weighted by atomic mass is 15.4. The van der Waals surface area contributed by atoms with Crippen LogP contribution < -0.4 is 10.2 Å². The van der Waals surface area contributed by atoms with E-state index in [1.165, 1.54) is 22.9 Å². The normalized spacial score (nSPS) is 20.4. The molecule has 4 aliphatic rings. The van der Waals surface area contributed by atoms with Crippen molar-refractivity contribution >= 4 is 38.8 Å². The number of allylic oxidation sites excluding steroid dienone is 6. The molecule has 2 aromatic heterocycles. The molecule has 5 heteroatoms. The summed E-state index contributed by atoms with van der Waals surface area (Å²) in [5.74, 6) is 3.06. The Kier molecular flexibility index (Phi) is 5.82. The predicted octanol–water partition coefficient (Wildman–Crippen LogP) is 9.80. The number of hydrogen-bond donors (Lipinski definition) is 1. The van der Waals surface area contributed by atoms with Crippen molar-refractivity contribution in [3.05, 3.63) is 145 Å². The highest BCUT2D eigenvalue weighted by Crippen LogP contribution is 2.50. The van der Waals surface area contributed by atoms with Crippen LogP contribution in [0.2, 0.25) is 0 Å². The third kappa shape index (κ3) is 4.34. The molecule has 0 amide bonds. The zero-order valence-corrected chi connectivity index (χ0v) is 25.7. The van der Waals surface area contributed by atoms with Gasteiger partial charge in [0.15, 0.2) is 11.6 Å². The number of para-hydroxylation sites is 1. The van der Waals surface area contributed by atoms with Gasteiger partial charge >= 0.3 is 0 Å². The standard InChI is InChI=1S/C42H31N5/c1-2-10-31(35-25-30(35)9-1)26-16-18-28(19-17-26)39-34-13-5-6-14-36(34)43-41(45-39)29-22-20-27(21-23-29)38-32-11-3-4-12-33(32)40-42(46-38)47-24-8-7-15-37(47)44-40/h1,3-24,30,35,37,44H,2,25H2. The molecular formula is C42H31N5. The number of pyridine rings is 1. The van der Waals surface area contributed by atoms with E-state index in [1.54, 1.807) is 0 Å². The second-order valence-corrected chi connectivity index (χ2v) is 12.8. The molecule has 5 nitrogen and oxygen atoms in total. The molecular weight excluding hydrogens is 574 g/mol. The molecule has 1 fully saturated rings. The largest absolute Gasteiger partial charge is 0.358 e. The Morgan fingerprint density at radius 3 is 2.17 bits per heavy atom. The lowest BCUT2D eigenvalue weighted by molar-refractivity contribution is 0.896. The van der Waals surface area contributed by atoms with Crippen LogP contribution in [-0.2, 0) is 0 Å². The molecule has 0 saturated heterocycles. The predicted molar refractivity (Wildman–Crippen MR) is 193 cm³/mol. The number of aromatic nitrogens is 3. The average molecular weight is 606 g/mol. The maximum Gasteiger partial charge on any atom is 0.160 e. The highest BCUT2D eigenvalue weighted by Gasteiger charge is 2.38. The molecule has 1 N–H and O–H groups in total. The van der Waals surface area contributed by atoms with Crippen molar-refractivity contribution in [3.8, 4) is 33.9 Å². The first-order chi connectivity index (χ1) is 23.3. The van der Waals surface area contributed by atoms with Crippen molar-refractivity contribution < 1.29 is 0 Å². The van der Waals surface area contributed by atoms with Gasteiger partial charge in [-0.3, -0.25) is 0 Å².